The van der Waals surface area contributed by atoms with Gasteiger partial charge < -0.3 is 8.85 Å². The Morgan fingerprint density at radius 2 is 1.33 bits per heavy atom. The van der Waals surface area contributed by atoms with Gasteiger partial charge in [0.05, 0.1) is 0 Å². The van der Waals surface area contributed by atoms with E-state index in [1.54, 1.807) is 0 Å². The second-order valence-electron chi connectivity index (χ2n) is 7.68. The average Bonchev–Trinajstić information content (AvgIpc) is 2.59. The highest BCUT2D eigenvalue weighted by Gasteiger charge is 2.65. The quantitative estimate of drug-likeness (QED) is 0.343. The minimum atomic E-state index is -2.25. The van der Waals surface area contributed by atoms with E-state index in [1.807, 2.05) is 0 Å². The third-order valence-electron chi connectivity index (χ3n) is 6.53. The lowest BCUT2D eigenvalue weighted by atomic mass is 9.77. The van der Waals surface area contributed by atoms with Gasteiger partial charge in [0.1, 0.15) is 0 Å². The molecule has 0 radical (unpaired) electrons. The van der Waals surface area contributed by atoms with E-state index in [4.69, 9.17) is 8.85 Å². The molecule has 1 rings (SSSR count). The fraction of sp³-hybridized carbons (Fsp3) is 1.00. The molecule has 0 amide bonds. The van der Waals surface area contributed by atoms with E-state index in [1.165, 1.54) is 64.2 Å². The van der Waals surface area contributed by atoms with E-state index < -0.39 is 8.56 Å². The number of rotatable bonds is 12. The molecule has 1 aliphatic rings. The summed E-state index contributed by atoms with van der Waals surface area (Å²) in [6, 6.07) is 0. The van der Waals surface area contributed by atoms with Crippen molar-refractivity contribution in [2.24, 2.45) is 5.92 Å². The van der Waals surface area contributed by atoms with Gasteiger partial charge in [0, 0.05) is 23.8 Å². The second-order valence-corrected chi connectivity index (χ2v) is 11.4. The molecule has 0 aliphatic carbocycles. The molecule has 0 aromatic carbocycles. The Labute approximate surface area is 153 Å². The number of hydrogen-bond acceptors (Lipinski definition) is 2. The van der Waals surface area contributed by atoms with E-state index in [0.717, 1.165) is 19.1 Å². The molecule has 0 aromatic heterocycles. The van der Waals surface area contributed by atoms with E-state index in [-0.39, 0.29) is 0 Å². The fourth-order valence-electron chi connectivity index (χ4n) is 5.49. The van der Waals surface area contributed by atoms with Crippen LogP contribution < -0.4 is 0 Å². The van der Waals surface area contributed by atoms with Crippen molar-refractivity contribution in [3.63, 3.8) is 0 Å². The van der Waals surface area contributed by atoms with Crippen molar-refractivity contribution in [3.05, 3.63) is 0 Å². The minimum Gasteiger partial charge on any atom is -0.394 e. The first-order chi connectivity index (χ1) is 11.6. The lowest BCUT2D eigenvalue weighted by Gasteiger charge is -2.58. The third kappa shape index (κ3) is 4.27. The molecule has 2 unspecified atom stereocenters. The van der Waals surface area contributed by atoms with Gasteiger partial charge in [0.15, 0.2) is 0 Å². The summed E-state index contributed by atoms with van der Waals surface area (Å²) in [6.07, 6.45) is 13.1. The SMILES string of the molecule is CCCCC1(CCCC)C(CC)CCC(CC)[Si]1(OCC)OCC. The first kappa shape index (κ1) is 22.2. The highest BCUT2D eigenvalue weighted by molar-refractivity contribution is 6.72. The van der Waals surface area contributed by atoms with Crippen LogP contribution >= 0.6 is 0 Å². The summed E-state index contributed by atoms with van der Waals surface area (Å²) in [5.41, 5.74) is 0.675. The summed E-state index contributed by atoms with van der Waals surface area (Å²) in [6.45, 7) is 15.4. The predicted octanol–water partition coefficient (Wildman–Crippen LogP) is 7.22. The zero-order chi connectivity index (χ0) is 18.1. The number of unbranched alkanes of at least 4 members (excludes halogenated alkanes) is 2. The normalized spacial score (nSPS) is 25.8. The molecule has 2 atom stereocenters. The summed E-state index contributed by atoms with van der Waals surface area (Å²) >= 11 is 0. The smallest absolute Gasteiger partial charge is 0.348 e. The Kier molecular flexibility index (Phi) is 10.1. The van der Waals surface area contributed by atoms with Crippen LogP contribution in [0.1, 0.15) is 106 Å². The Hall–Kier alpha value is 0.137. The average molecular weight is 357 g/mol. The van der Waals surface area contributed by atoms with Gasteiger partial charge in [-0.3, -0.25) is 0 Å². The van der Waals surface area contributed by atoms with E-state index in [0.29, 0.717) is 10.6 Å². The molecule has 1 fully saturated rings. The van der Waals surface area contributed by atoms with Gasteiger partial charge in [0.25, 0.3) is 0 Å². The van der Waals surface area contributed by atoms with Crippen molar-refractivity contribution in [2.45, 2.75) is 116 Å². The van der Waals surface area contributed by atoms with Gasteiger partial charge in [-0.25, -0.2) is 0 Å². The zero-order valence-corrected chi connectivity index (χ0v) is 18.5. The monoisotopic (exact) mass is 356 g/mol. The molecule has 0 N–H and O–H groups in total. The van der Waals surface area contributed by atoms with Crippen molar-refractivity contribution >= 4 is 8.56 Å². The van der Waals surface area contributed by atoms with Crippen LogP contribution in [0.2, 0.25) is 10.6 Å². The molecule has 1 heterocycles. The molecule has 1 saturated heterocycles. The Bertz CT molecular complexity index is 318. The van der Waals surface area contributed by atoms with Crippen LogP contribution in [0.25, 0.3) is 0 Å². The van der Waals surface area contributed by atoms with Crippen molar-refractivity contribution in [1.82, 2.24) is 0 Å². The number of hydrogen-bond donors (Lipinski definition) is 0. The van der Waals surface area contributed by atoms with Crippen LogP contribution in [0.5, 0.6) is 0 Å². The molecular formula is C21H44O2Si. The summed E-state index contributed by atoms with van der Waals surface area (Å²) in [7, 11) is -2.25. The molecule has 0 aromatic rings. The molecule has 2 nitrogen and oxygen atoms in total. The van der Waals surface area contributed by atoms with E-state index in [2.05, 4.69) is 41.5 Å². The molecule has 3 heteroatoms. The highest BCUT2D eigenvalue weighted by atomic mass is 28.4. The molecule has 24 heavy (non-hydrogen) atoms. The molecule has 1 aliphatic heterocycles. The van der Waals surface area contributed by atoms with Crippen LogP contribution in [0, 0.1) is 5.92 Å². The standard InChI is InChI=1S/C21H44O2Si/c1-7-13-17-21(18-14-8-2)19(9-3)15-16-20(10-4)24(21,22-11-5)23-12-6/h19-20H,7-18H2,1-6H3. The van der Waals surface area contributed by atoms with Crippen molar-refractivity contribution in [1.29, 1.82) is 0 Å². The van der Waals surface area contributed by atoms with Crippen LogP contribution in [-0.2, 0) is 8.85 Å². The summed E-state index contributed by atoms with van der Waals surface area (Å²) in [4.78, 5) is 0. The topological polar surface area (TPSA) is 18.5 Å². The van der Waals surface area contributed by atoms with Crippen LogP contribution in [0.4, 0.5) is 0 Å². The largest absolute Gasteiger partial charge is 0.394 e. The highest BCUT2D eigenvalue weighted by Crippen LogP contribution is 2.64. The summed E-state index contributed by atoms with van der Waals surface area (Å²) in [5.74, 6) is 0.795. The predicted molar refractivity (Wildman–Crippen MR) is 108 cm³/mol. The maximum absolute atomic E-state index is 6.77. The van der Waals surface area contributed by atoms with Gasteiger partial charge in [-0.05, 0) is 45.4 Å². The maximum atomic E-state index is 6.77. The maximum Gasteiger partial charge on any atom is 0.348 e. The zero-order valence-electron chi connectivity index (χ0n) is 17.5. The first-order valence-corrected chi connectivity index (χ1v) is 12.8. The minimum absolute atomic E-state index is 0.332. The van der Waals surface area contributed by atoms with Crippen molar-refractivity contribution in [2.75, 3.05) is 13.2 Å². The Morgan fingerprint density at radius 3 is 1.71 bits per heavy atom. The third-order valence-corrected chi connectivity index (χ3v) is 12.0. The Morgan fingerprint density at radius 1 is 0.792 bits per heavy atom. The summed E-state index contributed by atoms with van der Waals surface area (Å²) < 4.78 is 13.5. The second kappa shape index (κ2) is 11.0. The first-order valence-electron chi connectivity index (χ1n) is 10.9. The lowest BCUT2D eigenvalue weighted by Crippen LogP contribution is -2.62. The van der Waals surface area contributed by atoms with Crippen LogP contribution in [-0.4, -0.2) is 21.8 Å². The van der Waals surface area contributed by atoms with Crippen LogP contribution in [0.15, 0.2) is 0 Å². The Balaban J connectivity index is 3.42. The van der Waals surface area contributed by atoms with E-state index >= 15 is 0 Å². The molecule has 0 spiro atoms. The van der Waals surface area contributed by atoms with Gasteiger partial charge in [-0.2, -0.15) is 0 Å². The van der Waals surface area contributed by atoms with Gasteiger partial charge >= 0.3 is 8.56 Å². The lowest BCUT2D eigenvalue weighted by molar-refractivity contribution is 0.0821. The molecular weight excluding hydrogens is 312 g/mol. The van der Waals surface area contributed by atoms with Gasteiger partial charge in [0.2, 0.25) is 0 Å². The van der Waals surface area contributed by atoms with Crippen molar-refractivity contribution < 1.29 is 8.85 Å². The van der Waals surface area contributed by atoms with Gasteiger partial charge in [-0.15, -0.1) is 0 Å². The molecule has 0 saturated carbocycles. The van der Waals surface area contributed by atoms with Gasteiger partial charge in [-0.1, -0.05) is 66.2 Å². The van der Waals surface area contributed by atoms with E-state index in [9.17, 15) is 0 Å². The van der Waals surface area contributed by atoms with Crippen LogP contribution in [0.3, 0.4) is 0 Å². The fourth-order valence-corrected chi connectivity index (χ4v) is 11.3. The summed E-state index contributed by atoms with van der Waals surface area (Å²) in [5, 5.41) is 0.332. The van der Waals surface area contributed by atoms with Crippen molar-refractivity contribution in [3.8, 4) is 0 Å². The molecule has 144 valence electrons. The molecule has 0 bridgehead atoms.